The summed E-state index contributed by atoms with van der Waals surface area (Å²) in [6.07, 6.45) is 2.59. The lowest BCUT2D eigenvalue weighted by Crippen LogP contribution is -2.46. The number of hydrogen-bond donors (Lipinski definition) is 2. The van der Waals surface area contributed by atoms with Crippen molar-refractivity contribution in [1.29, 1.82) is 0 Å². The molecular weight excluding hydrogens is 525 g/mol. The van der Waals surface area contributed by atoms with Crippen LogP contribution < -0.4 is 11.1 Å². The van der Waals surface area contributed by atoms with Crippen LogP contribution in [-0.4, -0.2) is 57.7 Å². The molecular formula is C28H25F3N6O3. The van der Waals surface area contributed by atoms with E-state index in [1.165, 1.54) is 36.8 Å². The second-order valence-corrected chi connectivity index (χ2v) is 9.31. The largest absolute Gasteiger partial charge is 0.460 e. The number of alkyl halides is 3. The number of pyridine rings is 1. The molecule has 1 aliphatic heterocycles. The highest BCUT2D eigenvalue weighted by molar-refractivity contribution is 5.94. The van der Waals surface area contributed by atoms with Crippen LogP contribution in [0, 0.1) is 0 Å². The zero-order chi connectivity index (χ0) is 28.3. The number of nitrogen functional groups attached to an aromatic ring is 1. The molecule has 5 rings (SSSR count). The van der Waals surface area contributed by atoms with E-state index in [1.54, 1.807) is 23.1 Å². The first-order valence-corrected chi connectivity index (χ1v) is 12.6. The molecule has 12 heteroatoms. The lowest BCUT2D eigenvalue weighted by molar-refractivity contribution is -0.136. The quantitative estimate of drug-likeness (QED) is 0.329. The third-order valence-electron chi connectivity index (χ3n) is 6.42. The van der Waals surface area contributed by atoms with E-state index in [0.29, 0.717) is 37.6 Å². The van der Waals surface area contributed by atoms with E-state index >= 15 is 0 Å². The van der Waals surface area contributed by atoms with Crippen LogP contribution in [0.15, 0.2) is 59.4 Å². The van der Waals surface area contributed by atoms with Gasteiger partial charge in [-0.3, -0.25) is 9.59 Å². The van der Waals surface area contributed by atoms with Crippen molar-refractivity contribution in [2.24, 2.45) is 0 Å². The van der Waals surface area contributed by atoms with E-state index in [1.807, 2.05) is 0 Å². The summed E-state index contributed by atoms with van der Waals surface area (Å²) in [6.45, 7) is 2.47. The second-order valence-electron chi connectivity index (χ2n) is 9.31. The van der Waals surface area contributed by atoms with E-state index in [2.05, 4.69) is 20.3 Å². The molecule has 1 fully saturated rings. The average molecular weight is 551 g/mol. The number of aromatic nitrogens is 3. The number of anilines is 1. The van der Waals surface area contributed by atoms with E-state index < -0.39 is 11.7 Å². The molecule has 1 aromatic carbocycles. The molecule has 0 saturated carbocycles. The maximum absolute atomic E-state index is 14.0. The summed E-state index contributed by atoms with van der Waals surface area (Å²) in [4.78, 5) is 38.9. The first kappa shape index (κ1) is 27.0. The van der Waals surface area contributed by atoms with Crippen LogP contribution in [0.2, 0.25) is 0 Å². The number of piperazine rings is 1. The van der Waals surface area contributed by atoms with Gasteiger partial charge in [0.2, 0.25) is 0 Å². The Hall–Kier alpha value is -4.58. The van der Waals surface area contributed by atoms with Gasteiger partial charge in [0.25, 0.3) is 5.91 Å². The standard InChI is InChI=1S/C28H25F3N6O3/c29-28(30,31)23-13-19(26-35-15-20(16-36-26)27(39)37-9-7-33-8-10-37)11-18-12-22(40-25(18)23)5-4-21(38)3-1-17-2-6-24(32)34-14-17/h1-3,6,11-16,33H,4-5,7-10H2,(H2,32,34)/b3-1+. The van der Waals surface area contributed by atoms with Crippen molar-refractivity contribution >= 4 is 34.6 Å². The number of aryl methyl sites for hydroxylation is 1. The Balaban J connectivity index is 1.35. The number of nitrogens with one attached hydrogen (secondary N) is 1. The van der Waals surface area contributed by atoms with Crippen LogP contribution >= 0.6 is 0 Å². The number of fused-ring (bicyclic) bond motifs is 1. The molecule has 1 saturated heterocycles. The Bertz CT molecular complexity index is 1560. The molecule has 3 N–H and O–H groups in total. The van der Waals surface area contributed by atoms with Gasteiger partial charge in [-0.25, -0.2) is 15.0 Å². The molecule has 4 heterocycles. The minimum absolute atomic E-state index is 0.0403. The first-order valence-electron chi connectivity index (χ1n) is 12.6. The molecule has 40 heavy (non-hydrogen) atoms. The number of halogens is 3. The van der Waals surface area contributed by atoms with Gasteiger partial charge in [-0.15, -0.1) is 0 Å². The van der Waals surface area contributed by atoms with Gasteiger partial charge in [-0.2, -0.15) is 13.2 Å². The van der Waals surface area contributed by atoms with Crippen molar-refractivity contribution in [1.82, 2.24) is 25.2 Å². The fourth-order valence-corrected chi connectivity index (χ4v) is 4.34. The van der Waals surface area contributed by atoms with Gasteiger partial charge in [0, 0.05) is 68.6 Å². The third-order valence-corrected chi connectivity index (χ3v) is 6.42. The number of nitrogens with zero attached hydrogens (tertiary/aromatic N) is 4. The summed E-state index contributed by atoms with van der Waals surface area (Å²) in [5.41, 5.74) is 5.33. The Morgan fingerprint density at radius 3 is 2.48 bits per heavy atom. The SMILES string of the molecule is Nc1ccc(/C=C/C(=O)CCc2cc3cc(-c4ncc(C(=O)N5CCNCC5)cn4)cc(C(F)(F)F)c3o2)cn1. The van der Waals surface area contributed by atoms with Crippen LogP contribution in [0.3, 0.4) is 0 Å². The number of nitrogens with two attached hydrogens (primary N) is 1. The number of amides is 1. The highest BCUT2D eigenvalue weighted by atomic mass is 19.4. The summed E-state index contributed by atoms with van der Waals surface area (Å²) in [6, 6.07) is 7.23. The van der Waals surface area contributed by atoms with Crippen molar-refractivity contribution < 1.29 is 27.2 Å². The van der Waals surface area contributed by atoms with Crippen LogP contribution in [0.5, 0.6) is 0 Å². The van der Waals surface area contributed by atoms with E-state index in [0.717, 1.165) is 6.07 Å². The topological polar surface area (TPSA) is 127 Å². The minimum Gasteiger partial charge on any atom is -0.460 e. The summed E-state index contributed by atoms with van der Waals surface area (Å²) < 4.78 is 47.4. The van der Waals surface area contributed by atoms with Gasteiger partial charge in [-0.1, -0.05) is 0 Å². The molecule has 1 amide bonds. The monoisotopic (exact) mass is 550 g/mol. The van der Waals surface area contributed by atoms with E-state index in [4.69, 9.17) is 10.2 Å². The Morgan fingerprint density at radius 1 is 1.05 bits per heavy atom. The summed E-state index contributed by atoms with van der Waals surface area (Å²) in [5, 5.41) is 3.37. The Morgan fingerprint density at radius 2 is 1.80 bits per heavy atom. The molecule has 0 atom stereocenters. The first-order chi connectivity index (χ1) is 19.2. The number of ketones is 1. The maximum Gasteiger partial charge on any atom is 0.420 e. The van der Waals surface area contributed by atoms with Gasteiger partial charge < -0.3 is 20.4 Å². The number of carbonyl (C=O) groups is 2. The van der Waals surface area contributed by atoms with Gasteiger partial charge in [0.15, 0.2) is 11.6 Å². The van der Waals surface area contributed by atoms with Crippen molar-refractivity contribution in [3.8, 4) is 11.4 Å². The number of furan rings is 1. The Kier molecular flexibility index (Phi) is 7.60. The summed E-state index contributed by atoms with van der Waals surface area (Å²) in [7, 11) is 0. The van der Waals surface area contributed by atoms with Crippen molar-refractivity contribution in [2.75, 3.05) is 31.9 Å². The molecule has 1 aliphatic rings. The molecule has 9 nitrogen and oxygen atoms in total. The molecule has 0 aliphatic carbocycles. The summed E-state index contributed by atoms with van der Waals surface area (Å²) in [5.74, 6) is 0.196. The molecule has 0 spiro atoms. The van der Waals surface area contributed by atoms with Gasteiger partial charge in [-0.05, 0) is 48.0 Å². The lowest BCUT2D eigenvalue weighted by Gasteiger charge is -2.27. The number of carbonyl (C=O) groups excluding carboxylic acids is 2. The molecule has 0 radical (unpaired) electrons. The zero-order valence-corrected chi connectivity index (χ0v) is 21.2. The number of hydrogen-bond acceptors (Lipinski definition) is 8. The van der Waals surface area contributed by atoms with Gasteiger partial charge in [0.05, 0.1) is 11.1 Å². The number of rotatable bonds is 7. The summed E-state index contributed by atoms with van der Waals surface area (Å²) >= 11 is 0. The highest BCUT2D eigenvalue weighted by Gasteiger charge is 2.35. The molecule has 3 aromatic heterocycles. The second kappa shape index (κ2) is 11.3. The number of allylic oxidation sites excluding steroid dienone is 1. The minimum atomic E-state index is -4.70. The maximum atomic E-state index is 14.0. The fraction of sp³-hybridized carbons (Fsp3) is 0.250. The van der Waals surface area contributed by atoms with Gasteiger partial charge >= 0.3 is 6.18 Å². The van der Waals surface area contributed by atoms with Gasteiger partial charge in [0.1, 0.15) is 17.2 Å². The normalized spacial score (nSPS) is 14.2. The molecule has 4 aromatic rings. The zero-order valence-electron chi connectivity index (χ0n) is 21.2. The van der Waals surface area contributed by atoms with Crippen LogP contribution in [0.1, 0.15) is 33.7 Å². The average Bonchev–Trinajstić information content (AvgIpc) is 3.38. The highest BCUT2D eigenvalue weighted by Crippen LogP contribution is 2.39. The van der Waals surface area contributed by atoms with E-state index in [-0.39, 0.29) is 58.2 Å². The smallest absolute Gasteiger partial charge is 0.420 e. The van der Waals surface area contributed by atoms with Crippen LogP contribution in [0.25, 0.3) is 28.4 Å². The fourth-order valence-electron chi connectivity index (χ4n) is 4.34. The number of benzene rings is 1. The third kappa shape index (κ3) is 6.18. The molecule has 0 bridgehead atoms. The van der Waals surface area contributed by atoms with Crippen molar-refractivity contribution in [3.05, 3.63) is 77.4 Å². The molecule has 206 valence electrons. The van der Waals surface area contributed by atoms with Crippen LogP contribution in [0.4, 0.5) is 19.0 Å². The Labute approximate surface area is 226 Å². The van der Waals surface area contributed by atoms with Crippen molar-refractivity contribution in [2.45, 2.75) is 19.0 Å². The predicted octanol–water partition coefficient (Wildman–Crippen LogP) is 4.15. The lowest BCUT2D eigenvalue weighted by atomic mass is 10.1. The van der Waals surface area contributed by atoms with Crippen LogP contribution in [-0.2, 0) is 17.4 Å². The van der Waals surface area contributed by atoms with E-state index in [9.17, 15) is 22.8 Å². The molecule has 0 unspecified atom stereocenters. The van der Waals surface area contributed by atoms with Crippen molar-refractivity contribution in [3.63, 3.8) is 0 Å². The predicted molar refractivity (Wildman–Crippen MR) is 142 cm³/mol.